The van der Waals surface area contributed by atoms with Crippen LogP contribution in [0.4, 0.5) is 4.39 Å². The number of aromatic nitrogens is 3. The number of carbonyl (C=O) groups is 1. The first-order valence-electron chi connectivity index (χ1n) is 7.95. The number of benzene rings is 1. The van der Waals surface area contributed by atoms with Crippen molar-refractivity contribution in [2.45, 2.75) is 0 Å². The summed E-state index contributed by atoms with van der Waals surface area (Å²) in [6.45, 7) is 0. The van der Waals surface area contributed by atoms with Crippen LogP contribution in [0.25, 0.3) is 27.9 Å². The topological polar surface area (TPSA) is 91.3 Å². The number of nitriles is 1. The Morgan fingerprint density at radius 1 is 1.11 bits per heavy atom. The number of halogens is 1. The molecule has 3 heterocycles. The van der Waals surface area contributed by atoms with Gasteiger partial charge in [0.05, 0.1) is 11.1 Å². The first-order chi connectivity index (χ1) is 13.1. The Morgan fingerprint density at radius 2 is 1.89 bits per heavy atom. The van der Waals surface area contributed by atoms with Gasteiger partial charge in [-0.2, -0.15) is 10.4 Å². The monoisotopic (exact) mass is 358 g/mol. The van der Waals surface area contributed by atoms with E-state index in [1.807, 2.05) is 0 Å². The zero-order valence-electron chi connectivity index (χ0n) is 13.8. The molecular formula is C20H11FN4O2. The van der Waals surface area contributed by atoms with Crippen LogP contribution in [0.1, 0.15) is 16.1 Å². The lowest BCUT2D eigenvalue weighted by atomic mass is 9.99. The summed E-state index contributed by atoms with van der Waals surface area (Å²) in [5.41, 5.74) is 3.54. The van der Waals surface area contributed by atoms with Gasteiger partial charge in [-0.15, -0.1) is 0 Å². The highest BCUT2D eigenvalue weighted by molar-refractivity contribution is 5.94. The van der Waals surface area contributed by atoms with Crippen LogP contribution in [-0.2, 0) is 0 Å². The van der Waals surface area contributed by atoms with E-state index in [1.165, 1.54) is 24.4 Å². The molecule has 0 aliphatic carbocycles. The number of hydrogen-bond acceptors (Lipinski definition) is 4. The van der Waals surface area contributed by atoms with Crippen molar-refractivity contribution >= 4 is 11.5 Å². The Morgan fingerprint density at radius 3 is 2.59 bits per heavy atom. The highest BCUT2D eigenvalue weighted by Crippen LogP contribution is 2.35. The van der Waals surface area contributed by atoms with E-state index in [0.717, 1.165) is 0 Å². The minimum atomic E-state index is -1.14. The fourth-order valence-electron chi connectivity index (χ4n) is 2.91. The summed E-state index contributed by atoms with van der Waals surface area (Å²) in [5, 5.41) is 22.9. The Bertz CT molecular complexity index is 1220. The minimum absolute atomic E-state index is 0.0921. The molecule has 0 aliphatic rings. The summed E-state index contributed by atoms with van der Waals surface area (Å²) in [6, 6.07) is 14.5. The van der Waals surface area contributed by atoms with Gasteiger partial charge >= 0.3 is 5.97 Å². The number of pyridine rings is 2. The second kappa shape index (κ2) is 6.35. The van der Waals surface area contributed by atoms with Gasteiger partial charge in [-0.25, -0.2) is 18.7 Å². The third-order valence-corrected chi connectivity index (χ3v) is 4.14. The number of nitrogens with zero attached hydrogens (tertiary/aromatic N) is 4. The number of carboxylic acid groups (broad SMARTS) is 1. The van der Waals surface area contributed by atoms with E-state index in [0.29, 0.717) is 33.5 Å². The van der Waals surface area contributed by atoms with Crippen molar-refractivity contribution in [3.8, 4) is 28.5 Å². The van der Waals surface area contributed by atoms with Crippen molar-refractivity contribution in [3.63, 3.8) is 0 Å². The zero-order chi connectivity index (χ0) is 19.0. The molecule has 0 spiro atoms. The van der Waals surface area contributed by atoms with Crippen molar-refractivity contribution < 1.29 is 14.3 Å². The molecule has 4 aromatic rings. The predicted molar refractivity (Wildman–Crippen MR) is 95.5 cm³/mol. The molecule has 0 saturated heterocycles. The van der Waals surface area contributed by atoms with Crippen molar-refractivity contribution in [1.29, 1.82) is 5.26 Å². The highest BCUT2D eigenvalue weighted by Gasteiger charge is 2.18. The first kappa shape index (κ1) is 16.4. The summed E-state index contributed by atoms with van der Waals surface area (Å²) in [7, 11) is 0. The number of rotatable bonds is 3. The lowest BCUT2D eigenvalue weighted by Gasteiger charge is -2.05. The Balaban J connectivity index is 2.03. The lowest BCUT2D eigenvalue weighted by Crippen LogP contribution is -1.99. The maximum atomic E-state index is 13.3. The summed E-state index contributed by atoms with van der Waals surface area (Å²) < 4.78 is 14.9. The van der Waals surface area contributed by atoms with E-state index < -0.39 is 5.97 Å². The molecule has 0 radical (unpaired) electrons. The fourth-order valence-corrected chi connectivity index (χ4v) is 2.91. The average Bonchev–Trinajstić information content (AvgIpc) is 3.07. The van der Waals surface area contributed by atoms with E-state index in [4.69, 9.17) is 5.26 Å². The van der Waals surface area contributed by atoms with E-state index >= 15 is 0 Å². The van der Waals surface area contributed by atoms with Gasteiger partial charge in [0.25, 0.3) is 0 Å². The third kappa shape index (κ3) is 2.89. The van der Waals surface area contributed by atoms with Gasteiger partial charge in [-0.05, 0) is 54.1 Å². The van der Waals surface area contributed by atoms with E-state index in [2.05, 4.69) is 16.2 Å². The van der Waals surface area contributed by atoms with Gasteiger partial charge in [0.1, 0.15) is 23.3 Å². The number of hydrogen-bond donors (Lipinski definition) is 1. The lowest BCUT2D eigenvalue weighted by molar-refractivity contribution is 0.0690. The van der Waals surface area contributed by atoms with Crippen molar-refractivity contribution in [2.24, 2.45) is 0 Å². The molecule has 0 amide bonds. The van der Waals surface area contributed by atoms with Crippen molar-refractivity contribution in [3.05, 3.63) is 78.0 Å². The number of carboxylic acids is 1. The van der Waals surface area contributed by atoms with Crippen LogP contribution in [0.2, 0.25) is 0 Å². The molecule has 130 valence electrons. The molecule has 0 aliphatic heterocycles. The van der Waals surface area contributed by atoms with Crippen LogP contribution in [0.5, 0.6) is 0 Å². The summed E-state index contributed by atoms with van der Waals surface area (Å²) >= 11 is 0. The quantitative estimate of drug-likeness (QED) is 0.602. The predicted octanol–water partition coefficient (Wildman–Crippen LogP) is 3.77. The van der Waals surface area contributed by atoms with Gasteiger partial charge in [-0.3, -0.25) is 0 Å². The second-order valence-electron chi connectivity index (χ2n) is 5.82. The van der Waals surface area contributed by atoms with Gasteiger partial charge in [0, 0.05) is 23.5 Å². The average molecular weight is 358 g/mol. The molecular weight excluding hydrogens is 347 g/mol. The summed E-state index contributed by atoms with van der Waals surface area (Å²) in [6.07, 6.45) is 3.01. The van der Waals surface area contributed by atoms with Gasteiger partial charge < -0.3 is 5.11 Å². The molecule has 1 aromatic carbocycles. The molecule has 6 nitrogen and oxygen atoms in total. The second-order valence-corrected chi connectivity index (χ2v) is 5.82. The van der Waals surface area contributed by atoms with E-state index in [1.54, 1.807) is 41.0 Å². The van der Waals surface area contributed by atoms with E-state index in [-0.39, 0.29) is 11.5 Å². The largest absolute Gasteiger partial charge is 0.477 e. The van der Waals surface area contributed by atoms with Gasteiger partial charge in [0.15, 0.2) is 0 Å². The van der Waals surface area contributed by atoms with Crippen LogP contribution in [0.15, 0.2) is 60.9 Å². The Hall–Kier alpha value is -4.05. The Kier molecular flexibility index (Phi) is 3.86. The van der Waals surface area contributed by atoms with Gasteiger partial charge in [-0.1, -0.05) is 0 Å². The van der Waals surface area contributed by atoms with Crippen molar-refractivity contribution in [1.82, 2.24) is 14.6 Å². The SMILES string of the molecule is N#Cc1ccc2c(-c3ccnc(C(=O)O)c3)c(-c3ccc(F)cc3)nn2c1. The van der Waals surface area contributed by atoms with Gasteiger partial charge in [0.2, 0.25) is 0 Å². The third-order valence-electron chi connectivity index (χ3n) is 4.14. The first-order valence-corrected chi connectivity index (χ1v) is 7.95. The normalized spacial score (nSPS) is 10.7. The van der Waals surface area contributed by atoms with Crippen LogP contribution in [0, 0.1) is 17.1 Å². The Labute approximate surface area is 152 Å². The maximum Gasteiger partial charge on any atom is 0.354 e. The fraction of sp³-hybridized carbons (Fsp3) is 0. The molecule has 7 heteroatoms. The van der Waals surface area contributed by atoms with Crippen LogP contribution in [-0.4, -0.2) is 25.7 Å². The maximum absolute atomic E-state index is 13.3. The van der Waals surface area contributed by atoms with Crippen LogP contribution < -0.4 is 0 Å². The molecule has 4 rings (SSSR count). The molecule has 27 heavy (non-hydrogen) atoms. The van der Waals surface area contributed by atoms with E-state index in [9.17, 15) is 14.3 Å². The molecule has 0 saturated carbocycles. The summed E-state index contributed by atoms with van der Waals surface area (Å²) in [5.74, 6) is -1.50. The molecule has 0 fully saturated rings. The smallest absolute Gasteiger partial charge is 0.354 e. The number of aromatic carboxylic acids is 1. The molecule has 0 unspecified atom stereocenters. The number of fused-ring (bicyclic) bond motifs is 1. The summed E-state index contributed by atoms with van der Waals surface area (Å²) in [4.78, 5) is 15.2. The zero-order valence-corrected chi connectivity index (χ0v) is 13.8. The van der Waals surface area contributed by atoms with Crippen LogP contribution >= 0.6 is 0 Å². The molecule has 0 atom stereocenters. The van der Waals surface area contributed by atoms with Crippen LogP contribution in [0.3, 0.4) is 0 Å². The minimum Gasteiger partial charge on any atom is -0.477 e. The molecule has 0 bridgehead atoms. The molecule has 3 aromatic heterocycles. The molecule has 1 N–H and O–H groups in total. The van der Waals surface area contributed by atoms with Crippen molar-refractivity contribution in [2.75, 3.05) is 0 Å². The highest BCUT2D eigenvalue weighted by atomic mass is 19.1. The standard InChI is InChI=1S/C20H11FN4O2/c21-15-4-2-13(3-5-15)19-18(14-7-8-23-16(9-14)20(26)27)17-6-1-12(10-22)11-25(17)24-19/h1-9,11H,(H,26,27).